The molecule has 200 valence electrons. The van der Waals surface area contributed by atoms with E-state index in [9.17, 15) is 35.9 Å². The van der Waals surface area contributed by atoms with Crippen molar-refractivity contribution in [3.05, 3.63) is 100 Å². The van der Waals surface area contributed by atoms with Gasteiger partial charge in [-0.2, -0.15) is 13.2 Å². The Morgan fingerprint density at radius 3 is 2.29 bits per heavy atom. The molecule has 1 atom stereocenters. The van der Waals surface area contributed by atoms with Crippen molar-refractivity contribution < 1.29 is 35.9 Å². The lowest BCUT2D eigenvalue weighted by Gasteiger charge is -2.25. The molecule has 5 nitrogen and oxygen atoms in total. The number of carbonyl (C=O) groups excluding carboxylic acids is 2. The van der Waals surface area contributed by atoms with Crippen LogP contribution in [0, 0.1) is 17.5 Å². The number of para-hydroxylation sites is 1. The van der Waals surface area contributed by atoms with Crippen LogP contribution in [0.5, 0.6) is 0 Å². The molecule has 0 saturated heterocycles. The number of nitrogens with zero attached hydrogens (tertiary/aromatic N) is 2. The van der Waals surface area contributed by atoms with E-state index in [1.165, 1.54) is 28.0 Å². The summed E-state index contributed by atoms with van der Waals surface area (Å²) in [4.78, 5) is 28.7. The Kier molecular flexibility index (Phi) is 7.77. The summed E-state index contributed by atoms with van der Waals surface area (Å²) >= 11 is 0. The number of hydrogen-bond acceptors (Lipinski definition) is 3. The summed E-state index contributed by atoms with van der Waals surface area (Å²) in [5.41, 5.74) is 5.74. The topological polar surface area (TPSA) is 66.6 Å². The highest BCUT2D eigenvalue weighted by molar-refractivity contribution is 5.98. The number of anilines is 1. The first-order valence-electron chi connectivity index (χ1n) is 11.6. The molecule has 11 heteroatoms. The van der Waals surface area contributed by atoms with Gasteiger partial charge in [-0.1, -0.05) is 36.4 Å². The third-order valence-corrected chi connectivity index (χ3v) is 6.28. The zero-order valence-corrected chi connectivity index (χ0v) is 19.9. The maximum Gasteiger partial charge on any atom is 0.416 e. The van der Waals surface area contributed by atoms with Crippen LogP contribution in [0.2, 0.25) is 0 Å². The van der Waals surface area contributed by atoms with Gasteiger partial charge in [0, 0.05) is 30.8 Å². The number of fused-ring (bicyclic) bond motifs is 1. The van der Waals surface area contributed by atoms with Crippen molar-refractivity contribution in [3.63, 3.8) is 0 Å². The molecule has 0 radical (unpaired) electrons. The number of benzene rings is 3. The Morgan fingerprint density at radius 2 is 1.55 bits per heavy atom. The molecule has 1 heterocycles. The fraction of sp³-hybridized carbons (Fsp3) is 0.259. The summed E-state index contributed by atoms with van der Waals surface area (Å²) in [7, 11) is 0. The van der Waals surface area contributed by atoms with Crippen LogP contribution in [-0.4, -0.2) is 29.3 Å². The summed E-state index contributed by atoms with van der Waals surface area (Å²) in [6.45, 7) is -0.791. The van der Waals surface area contributed by atoms with Crippen molar-refractivity contribution >= 4 is 17.5 Å². The molecular formula is C27H23F6N3O2. The van der Waals surface area contributed by atoms with E-state index in [2.05, 4.69) is 0 Å². The standard InChI is InChI=1S/C27H23F6N3O2/c28-21-12-23(30)22(29)10-18(21)9-19(34)11-25(37)35-13-17-6-2-4-8-24(17)36(26(38)15-35)14-16-5-1-3-7-20(16)27(31,32)33/h1-8,10,12,19H,9,11,13-15,34H2. The number of carbonyl (C=O) groups is 2. The molecule has 1 unspecified atom stereocenters. The summed E-state index contributed by atoms with van der Waals surface area (Å²) in [6.07, 6.45) is -5.20. The number of rotatable bonds is 6. The zero-order valence-electron chi connectivity index (χ0n) is 19.9. The highest BCUT2D eigenvalue weighted by Crippen LogP contribution is 2.34. The Morgan fingerprint density at radius 1 is 0.895 bits per heavy atom. The third kappa shape index (κ3) is 5.99. The van der Waals surface area contributed by atoms with E-state index in [4.69, 9.17) is 5.73 Å². The minimum atomic E-state index is -4.62. The van der Waals surface area contributed by atoms with Gasteiger partial charge in [0.25, 0.3) is 0 Å². The molecule has 2 N–H and O–H groups in total. The van der Waals surface area contributed by atoms with Crippen LogP contribution >= 0.6 is 0 Å². The van der Waals surface area contributed by atoms with Crippen molar-refractivity contribution in [2.75, 3.05) is 11.4 Å². The van der Waals surface area contributed by atoms with Crippen LogP contribution in [-0.2, 0) is 35.3 Å². The SMILES string of the molecule is NC(CC(=O)N1CC(=O)N(Cc2ccccc2C(F)(F)F)c2ccccc2C1)Cc1cc(F)c(F)cc1F. The van der Waals surface area contributed by atoms with Crippen molar-refractivity contribution in [1.82, 2.24) is 4.90 Å². The molecule has 2 amide bonds. The number of halogens is 6. The minimum absolute atomic E-state index is 0.00950. The second kappa shape index (κ2) is 10.9. The van der Waals surface area contributed by atoms with Gasteiger partial charge in [0.2, 0.25) is 11.8 Å². The summed E-state index contributed by atoms with van der Waals surface area (Å²) in [5, 5.41) is 0. The van der Waals surface area contributed by atoms with Crippen LogP contribution < -0.4 is 10.6 Å². The maximum absolute atomic E-state index is 14.0. The zero-order chi connectivity index (χ0) is 27.6. The van der Waals surface area contributed by atoms with Crippen LogP contribution in [0.1, 0.15) is 28.7 Å². The maximum atomic E-state index is 14.0. The molecule has 38 heavy (non-hydrogen) atoms. The molecule has 3 aromatic rings. The van der Waals surface area contributed by atoms with E-state index in [1.54, 1.807) is 24.3 Å². The Hall–Kier alpha value is -3.86. The van der Waals surface area contributed by atoms with E-state index >= 15 is 0 Å². The lowest BCUT2D eigenvalue weighted by atomic mass is 10.0. The van der Waals surface area contributed by atoms with Crippen molar-refractivity contribution in [1.29, 1.82) is 0 Å². The largest absolute Gasteiger partial charge is 0.416 e. The van der Waals surface area contributed by atoms with Gasteiger partial charge in [-0.15, -0.1) is 0 Å². The molecule has 0 fully saturated rings. The average Bonchev–Trinajstić information content (AvgIpc) is 2.98. The highest BCUT2D eigenvalue weighted by atomic mass is 19.4. The number of hydrogen-bond donors (Lipinski definition) is 1. The van der Waals surface area contributed by atoms with Gasteiger partial charge >= 0.3 is 6.18 Å². The fourth-order valence-electron chi connectivity index (χ4n) is 4.44. The van der Waals surface area contributed by atoms with Gasteiger partial charge in [-0.05, 0) is 41.3 Å². The fourth-order valence-corrected chi connectivity index (χ4v) is 4.44. The van der Waals surface area contributed by atoms with Crippen molar-refractivity contribution in [2.45, 2.75) is 38.1 Å². The van der Waals surface area contributed by atoms with E-state index < -0.39 is 53.6 Å². The van der Waals surface area contributed by atoms with Crippen LogP contribution in [0.4, 0.5) is 32.0 Å². The van der Waals surface area contributed by atoms with Gasteiger partial charge in [0.05, 0.1) is 12.1 Å². The van der Waals surface area contributed by atoms with Crippen molar-refractivity contribution in [3.8, 4) is 0 Å². The lowest BCUT2D eigenvalue weighted by Crippen LogP contribution is -2.42. The van der Waals surface area contributed by atoms with E-state index in [0.717, 1.165) is 6.07 Å². The summed E-state index contributed by atoms with van der Waals surface area (Å²) in [5.74, 6) is -4.75. The predicted molar refractivity (Wildman–Crippen MR) is 127 cm³/mol. The number of amides is 2. The van der Waals surface area contributed by atoms with E-state index in [1.807, 2.05) is 0 Å². The molecular weight excluding hydrogens is 512 g/mol. The first-order chi connectivity index (χ1) is 17.9. The molecule has 0 spiro atoms. The average molecular weight is 535 g/mol. The van der Waals surface area contributed by atoms with E-state index in [-0.39, 0.29) is 37.1 Å². The lowest BCUT2D eigenvalue weighted by molar-refractivity contribution is -0.138. The molecule has 0 saturated carbocycles. The molecule has 0 aliphatic carbocycles. The number of alkyl halides is 3. The number of nitrogens with two attached hydrogens (primary N) is 1. The quantitative estimate of drug-likeness (QED) is 0.359. The van der Waals surface area contributed by atoms with E-state index in [0.29, 0.717) is 23.4 Å². The molecule has 1 aliphatic rings. The van der Waals surface area contributed by atoms with Gasteiger partial charge < -0.3 is 15.5 Å². The van der Waals surface area contributed by atoms with Gasteiger partial charge in [0.1, 0.15) is 12.4 Å². The van der Waals surface area contributed by atoms with Gasteiger partial charge in [-0.3, -0.25) is 9.59 Å². The smallest absolute Gasteiger partial charge is 0.329 e. The normalized spacial score (nSPS) is 14.8. The first-order valence-corrected chi connectivity index (χ1v) is 11.6. The predicted octanol–water partition coefficient (Wildman–Crippen LogP) is 4.96. The molecule has 0 bridgehead atoms. The molecule has 0 aromatic heterocycles. The van der Waals surface area contributed by atoms with Gasteiger partial charge in [-0.25, -0.2) is 13.2 Å². The van der Waals surface area contributed by atoms with Crippen LogP contribution in [0.25, 0.3) is 0 Å². The summed E-state index contributed by atoms with van der Waals surface area (Å²) < 4.78 is 81.4. The molecule has 4 rings (SSSR count). The monoisotopic (exact) mass is 535 g/mol. The van der Waals surface area contributed by atoms with Crippen molar-refractivity contribution in [2.24, 2.45) is 5.73 Å². The Balaban J connectivity index is 1.54. The van der Waals surface area contributed by atoms with Gasteiger partial charge in [0.15, 0.2) is 11.6 Å². The Labute approximate surface area is 214 Å². The first kappa shape index (κ1) is 27.2. The third-order valence-electron chi connectivity index (χ3n) is 6.28. The highest BCUT2D eigenvalue weighted by Gasteiger charge is 2.35. The molecule has 1 aliphatic heterocycles. The second-order valence-corrected chi connectivity index (χ2v) is 9.04. The minimum Gasteiger partial charge on any atom is -0.329 e. The summed E-state index contributed by atoms with van der Waals surface area (Å²) in [6, 6.07) is 11.6. The van der Waals surface area contributed by atoms with Crippen LogP contribution in [0.3, 0.4) is 0 Å². The molecule has 3 aromatic carbocycles. The van der Waals surface area contributed by atoms with Crippen LogP contribution in [0.15, 0.2) is 60.7 Å². The Bertz CT molecular complexity index is 1360. The second-order valence-electron chi connectivity index (χ2n) is 9.04.